The summed E-state index contributed by atoms with van der Waals surface area (Å²) < 4.78 is 0. The highest BCUT2D eigenvalue weighted by atomic mass is 16.2. The Hall–Kier alpha value is -3.58. The number of nitrogens with zero attached hydrogens (tertiary/aromatic N) is 4. The zero-order valence-corrected chi connectivity index (χ0v) is 21.2. The summed E-state index contributed by atoms with van der Waals surface area (Å²) in [5, 5.41) is 3.01. The van der Waals surface area contributed by atoms with Crippen LogP contribution in [0.2, 0.25) is 0 Å². The molecule has 3 heterocycles. The van der Waals surface area contributed by atoms with Gasteiger partial charge >= 0.3 is 0 Å². The van der Waals surface area contributed by atoms with Crippen LogP contribution >= 0.6 is 0 Å². The van der Waals surface area contributed by atoms with Gasteiger partial charge in [0, 0.05) is 68.3 Å². The number of hydrogen-bond donors (Lipinski definition) is 1. The summed E-state index contributed by atoms with van der Waals surface area (Å²) in [6.07, 6.45) is 12.6. The SMILES string of the molecule is CC(=O)N1CCCCCCCN(Cc2cccnc2)Cc2cc(C(=O)Nc3ccncc3C)ccc21. The van der Waals surface area contributed by atoms with Gasteiger partial charge in [0.25, 0.3) is 5.91 Å². The van der Waals surface area contributed by atoms with Crippen LogP contribution in [0.25, 0.3) is 0 Å². The molecule has 36 heavy (non-hydrogen) atoms. The average Bonchev–Trinajstić information content (AvgIpc) is 2.87. The van der Waals surface area contributed by atoms with Gasteiger partial charge in [0.2, 0.25) is 5.91 Å². The third kappa shape index (κ3) is 6.76. The molecule has 0 unspecified atom stereocenters. The summed E-state index contributed by atoms with van der Waals surface area (Å²) in [7, 11) is 0. The predicted molar refractivity (Wildman–Crippen MR) is 143 cm³/mol. The predicted octanol–water partition coefficient (Wildman–Crippen LogP) is 5.36. The Morgan fingerprint density at radius 1 is 0.944 bits per heavy atom. The summed E-state index contributed by atoms with van der Waals surface area (Å²) in [6, 6.07) is 11.5. The van der Waals surface area contributed by atoms with Crippen LogP contribution in [-0.4, -0.2) is 39.8 Å². The molecule has 1 aliphatic heterocycles. The monoisotopic (exact) mass is 485 g/mol. The van der Waals surface area contributed by atoms with Gasteiger partial charge in [0.15, 0.2) is 0 Å². The van der Waals surface area contributed by atoms with Crippen molar-refractivity contribution in [3.05, 3.63) is 83.4 Å². The Morgan fingerprint density at radius 2 is 1.72 bits per heavy atom. The van der Waals surface area contributed by atoms with E-state index in [9.17, 15) is 9.59 Å². The Morgan fingerprint density at radius 3 is 2.47 bits per heavy atom. The Kier molecular flexibility index (Phi) is 8.79. The fraction of sp³-hybridized carbons (Fsp3) is 0.379. The minimum absolute atomic E-state index is 0.0248. The van der Waals surface area contributed by atoms with Crippen LogP contribution < -0.4 is 10.2 Å². The van der Waals surface area contributed by atoms with Crippen LogP contribution in [-0.2, 0) is 17.9 Å². The highest BCUT2D eigenvalue weighted by Gasteiger charge is 2.20. The number of amides is 2. The molecule has 0 aliphatic carbocycles. The maximum Gasteiger partial charge on any atom is 0.255 e. The molecule has 1 N–H and O–H groups in total. The van der Waals surface area contributed by atoms with Gasteiger partial charge in [-0.25, -0.2) is 0 Å². The lowest BCUT2D eigenvalue weighted by atomic mass is 10.0. The second-order valence-corrected chi connectivity index (χ2v) is 9.50. The lowest BCUT2D eigenvalue weighted by Crippen LogP contribution is -2.32. The quantitative estimate of drug-likeness (QED) is 0.538. The van der Waals surface area contributed by atoms with Crippen molar-refractivity contribution < 1.29 is 9.59 Å². The largest absolute Gasteiger partial charge is 0.322 e. The van der Waals surface area contributed by atoms with Crippen LogP contribution in [0.4, 0.5) is 11.4 Å². The molecule has 1 aromatic carbocycles. The first-order chi connectivity index (χ1) is 17.5. The van der Waals surface area contributed by atoms with E-state index in [4.69, 9.17) is 0 Å². The molecule has 0 spiro atoms. The van der Waals surface area contributed by atoms with Gasteiger partial charge < -0.3 is 10.2 Å². The highest BCUT2D eigenvalue weighted by molar-refractivity contribution is 6.05. The number of pyridine rings is 2. The first-order valence-electron chi connectivity index (χ1n) is 12.8. The number of rotatable bonds is 4. The minimum Gasteiger partial charge on any atom is -0.322 e. The molecular formula is C29H35N5O2. The summed E-state index contributed by atoms with van der Waals surface area (Å²) in [4.78, 5) is 38.5. The Balaban J connectivity index is 1.68. The maximum atomic E-state index is 13.2. The van der Waals surface area contributed by atoms with Crippen molar-refractivity contribution >= 4 is 23.2 Å². The van der Waals surface area contributed by atoms with Gasteiger partial charge in [-0.15, -0.1) is 0 Å². The number of benzene rings is 1. The number of aromatic nitrogens is 2. The number of carbonyl (C=O) groups is 2. The van der Waals surface area contributed by atoms with E-state index < -0.39 is 0 Å². The molecular weight excluding hydrogens is 450 g/mol. The average molecular weight is 486 g/mol. The van der Waals surface area contributed by atoms with E-state index in [1.807, 2.05) is 42.3 Å². The summed E-state index contributed by atoms with van der Waals surface area (Å²) in [6.45, 7) is 6.58. The van der Waals surface area contributed by atoms with E-state index in [1.165, 1.54) is 12.8 Å². The molecule has 3 aromatic rings. The van der Waals surface area contributed by atoms with Crippen molar-refractivity contribution in [3.8, 4) is 0 Å². The normalized spacial score (nSPS) is 15.3. The third-order valence-electron chi connectivity index (χ3n) is 6.66. The molecule has 4 rings (SSSR count). The number of aryl methyl sites for hydroxylation is 1. The molecule has 2 amide bonds. The molecule has 0 fully saturated rings. The van der Waals surface area contributed by atoms with Crippen LogP contribution in [0.15, 0.2) is 61.2 Å². The molecule has 188 valence electrons. The number of anilines is 2. The highest BCUT2D eigenvalue weighted by Crippen LogP contribution is 2.27. The summed E-state index contributed by atoms with van der Waals surface area (Å²) >= 11 is 0. The maximum absolute atomic E-state index is 13.2. The fourth-order valence-corrected chi connectivity index (χ4v) is 4.71. The molecule has 0 saturated carbocycles. The molecule has 1 aliphatic rings. The van der Waals surface area contributed by atoms with Crippen molar-refractivity contribution in [2.75, 3.05) is 23.3 Å². The molecule has 7 nitrogen and oxygen atoms in total. The van der Waals surface area contributed by atoms with Crippen LogP contribution in [0.3, 0.4) is 0 Å². The number of hydrogen-bond acceptors (Lipinski definition) is 5. The second-order valence-electron chi connectivity index (χ2n) is 9.50. The molecule has 0 saturated heterocycles. The van der Waals surface area contributed by atoms with Crippen LogP contribution in [0.1, 0.15) is 66.1 Å². The zero-order valence-electron chi connectivity index (χ0n) is 21.2. The fourth-order valence-electron chi connectivity index (χ4n) is 4.71. The van der Waals surface area contributed by atoms with Crippen molar-refractivity contribution in [3.63, 3.8) is 0 Å². The third-order valence-corrected chi connectivity index (χ3v) is 6.66. The topological polar surface area (TPSA) is 78.4 Å². The van der Waals surface area contributed by atoms with E-state index in [2.05, 4.69) is 26.3 Å². The van der Waals surface area contributed by atoms with Crippen molar-refractivity contribution in [1.29, 1.82) is 0 Å². The first-order valence-corrected chi connectivity index (χ1v) is 12.8. The van der Waals surface area contributed by atoms with Crippen LogP contribution in [0.5, 0.6) is 0 Å². The minimum atomic E-state index is -0.175. The van der Waals surface area contributed by atoms with Crippen molar-refractivity contribution in [2.24, 2.45) is 0 Å². The smallest absolute Gasteiger partial charge is 0.255 e. The van der Waals surface area contributed by atoms with E-state index in [-0.39, 0.29) is 11.8 Å². The number of nitrogens with one attached hydrogen (secondary N) is 1. The van der Waals surface area contributed by atoms with Crippen LogP contribution in [0, 0.1) is 6.92 Å². The van der Waals surface area contributed by atoms with Gasteiger partial charge in [-0.2, -0.15) is 0 Å². The standard InChI is InChI=1S/C29H35N5O2/c1-22-18-31-14-12-27(22)32-29(36)25-10-11-28-26(17-25)21-33(20-24-9-8-13-30-19-24)15-6-4-3-5-7-16-34(28)23(2)35/h8-14,17-19H,3-7,15-16,20-21H2,1-2H3,(H,31,32,36). The zero-order chi connectivity index (χ0) is 25.3. The molecule has 0 atom stereocenters. The lowest BCUT2D eigenvalue weighted by molar-refractivity contribution is -0.116. The molecule has 2 aromatic heterocycles. The second kappa shape index (κ2) is 12.4. The Bertz CT molecular complexity index is 1180. The van der Waals surface area contributed by atoms with E-state index >= 15 is 0 Å². The van der Waals surface area contributed by atoms with Gasteiger partial charge in [-0.3, -0.25) is 24.5 Å². The summed E-state index contributed by atoms with van der Waals surface area (Å²) in [5.41, 5.74) is 5.23. The Labute approximate surface area is 213 Å². The molecule has 0 radical (unpaired) electrons. The van der Waals surface area contributed by atoms with Crippen molar-refractivity contribution in [2.45, 2.75) is 59.0 Å². The lowest BCUT2D eigenvalue weighted by Gasteiger charge is -2.29. The van der Waals surface area contributed by atoms with Gasteiger partial charge in [0.05, 0.1) is 0 Å². The molecule has 0 bridgehead atoms. The summed E-state index contributed by atoms with van der Waals surface area (Å²) in [5.74, 6) is -0.150. The number of carbonyl (C=O) groups excluding carboxylic acids is 2. The molecule has 7 heteroatoms. The van der Waals surface area contributed by atoms with Gasteiger partial charge in [-0.05, 0) is 73.3 Å². The first kappa shape index (κ1) is 25.5. The van der Waals surface area contributed by atoms with Crippen molar-refractivity contribution in [1.82, 2.24) is 14.9 Å². The van der Waals surface area contributed by atoms with Gasteiger partial charge in [-0.1, -0.05) is 25.3 Å². The van der Waals surface area contributed by atoms with E-state index in [0.717, 1.165) is 60.4 Å². The number of fused-ring (bicyclic) bond motifs is 1. The van der Waals surface area contributed by atoms with Gasteiger partial charge in [0.1, 0.15) is 0 Å². The van der Waals surface area contributed by atoms with E-state index in [0.29, 0.717) is 18.7 Å². The van der Waals surface area contributed by atoms with E-state index in [1.54, 1.807) is 31.6 Å².